The normalized spacial score (nSPS) is 13.2. The minimum Gasteiger partial charge on any atom is -0.468 e. The molecule has 0 fully saturated rings. The van der Waals surface area contributed by atoms with Crippen LogP contribution in [0.15, 0.2) is 52.0 Å². The SMILES string of the molecule is CCNC(C)c1ccc(S(=O)(=O)NCc2ccco2)cc1. The van der Waals surface area contributed by atoms with Crippen LogP contribution in [-0.2, 0) is 16.6 Å². The van der Waals surface area contributed by atoms with Crippen molar-refractivity contribution in [1.29, 1.82) is 0 Å². The number of sulfonamides is 1. The zero-order chi connectivity index (χ0) is 15.3. The van der Waals surface area contributed by atoms with Crippen molar-refractivity contribution < 1.29 is 12.8 Å². The van der Waals surface area contributed by atoms with Crippen LogP contribution in [0.5, 0.6) is 0 Å². The van der Waals surface area contributed by atoms with Crippen LogP contribution in [-0.4, -0.2) is 15.0 Å². The molecule has 21 heavy (non-hydrogen) atoms. The van der Waals surface area contributed by atoms with Crippen LogP contribution >= 0.6 is 0 Å². The average Bonchev–Trinajstić information content (AvgIpc) is 2.99. The van der Waals surface area contributed by atoms with E-state index >= 15 is 0 Å². The predicted molar refractivity (Wildman–Crippen MR) is 81.3 cm³/mol. The summed E-state index contributed by atoms with van der Waals surface area (Å²) in [5.74, 6) is 0.580. The highest BCUT2D eigenvalue weighted by molar-refractivity contribution is 7.89. The molecule has 0 amide bonds. The minimum atomic E-state index is -3.52. The van der Waals surface area contributed by atoms with Gasteiger partial charge < -0.3 is 9.73 Å². The third-order valence-corrected chi connectivity index (χ3v) is 4.63. The maximum atomic E-state index is 12.2. The molecule has 1 aromatic carbocycles. The van der Waals surface area contributed by atoms with Crippen LogP contribution in [0.1, 0.15) is 31.2 Å². The fraction of sp³-hybridized carbons (Fsp3) is 0.333. The van der Waals surface area contributed by atoms with Crippen molar-refractivity contribution in [2.45, 2.75) is 31.3 Å². The Kier molecular flexibility index (Phi) is 5.17. The molecule has 0 bridgehead atoms. The van der Waals surface area contributed by atoms with E-state index in [-0.39, 0.29) is 17.5 Å². The largest absolute Gasteiger partial charge is 0.468 e. The number of rotatable bonds is 7. The van der Waals surface area contributed by atoms with Crippen LogP contribution in [0.2, 0.25) is 0 Å². The van der Waals surface area contributed by atoms with Gasteiger partial charge in [-0.2, -0.15) is 0 Å². The smallest absolute Gasteiger partial charge is 0.240 e. The summed E-state index contributed by atoms with van der Waals surface area (Å²) in [4.78, 5) is 0.251. The second-order valence-electron chi connectivity index (χ2n) is 4.75. The Bertz CT molecular complexity index is 649. The fourth-order valence-corrected chi connectivity index (χ4v) is 3.02. The molecule has 0 spiro atoms. The van der Waals surface area contributed by atoms with Gasteiger partial charge in [-0.3, -0.25) is 0 Å². The van der Waals surface area contributed by atoms with Crippen LogP contribution in [0, 0.1) is 0 Å². The lowest BCUT2D eigenvalue weighted by Gasteiger charge is -2.13. The fourth-order valence-electron chi connectivity index (χ4n) is 2.02. The van der Waals surface area contributed by atoms with Gasteiger partial charge in [-0.1, -0.05) is 19.1 Å². The molecule has 1 heterocycles. The first-order valence-corrected chi connectivity index (χ1v) is 8.36. The lowest BCUT2D eigenvalue weighted by Crippen LogP contribution is -2.23. The van der Waals surface area contributed by atoms with Crippen LogP contribution in [0.25, 0.3) is 0 Å². The first kappa shape index (κ1) is 15.8. The molecule has 1 aromatic heterocycles. The van der Waals surface area contributed by atoms with Gasteiger partial charge in [0.1, 0.15) is 5.76 Å². The molecule has 0 aliphatic heterocycles. The number of benzene rings is 1. The zero-order valence-electron chi connectivity index (χ0n) is 12.2. The monoisotopic (exact) mass is 308 g/mol. The lowest BCUT2D eigenvalue weighted by atomic mass is 10.1. The third-order valence-electron chi connectivity index (χ3n) is 3.22. The molecular weight excluding hydrogens is 288 g/mol. The average molecular weight is 308 g/mol. The molecule has 2 rings (SSSR count). The van der Waals surface area contributed by atoms with Crippen molar-refractivity contribution in [1.82, 2.24) is 10.0 Å². The van der Waals surface area contributed by atoms with E-state index in [2.05, 4.69) is 10.0 Å². The first-order valence-electron chi connectivity index (χ1n) is 6.88. The Morgan fingerprint density at radius 3 is 2.48 bits per heavy atom. The quantitative estimate of drug-likeness (QED) is 0.824. The lowest BCUT2D eigenvalue weighted by molar-refractivity contribution is 0.498. The standard InChI is InChI=1S/C15H20N2O3S/c1-3-16-12(2)13-6-8-15(9-7-13)21(18,19)17-11-14-5-4-10-20-14/h4-10,12,16-17H,3,11H2,1-2H3. The summed E-state index contributed by atoms with van der Waals surface area (Å²) in [6, 6.07) is 10.5. The predicted octanol–water partition coefficient (Wildman–Crippen LogP) is 2.43. The summed E-state index contributed by atoms with van der Waals surface area (Å²) in [7, 11) is -3.52. The molecule has 0 saturated heterocycles. The van der Waals surface area contributed by atoms with E-state index in [9.17, 15) is 8.42 Å². The van der Waals surface area contributed by atoms with Crippen molar-refractivity contribution in [2.24, 2.45) is 0 Å². The van der Waals surface area contributed by atoms with Gasteiger partial charge in [-0.05, 0) is 43.3 Å². The molecule has 0 aliphatic rings. The highest BCUT2D eigenvalue weighted by Gasteiger charge is 2.14. The molecule has 2 aromatic rings. The summed E-state index contributed by atoms with van der Waals surface area (Å²) in [6.07, 6.45) is 1.51. The van der Waals surface area contributed by atoms with Crippen molar-refractivity contribution in [3.8, 4) is 0 Å². The number of furan rings is 1. The van der Waals surface area contributed by atoms with Crippen LogP contribution in [0.4, 0.5) is 0 Å². The molecule has 0 saturated carbocycles. The van der Waals surface area contributed by atoms with Gasteiger partial charge in [0, 0.05) is 6.04 Å². The Balaban J connectivity index is 2.06. The molecule has 6 heteroatoms. The first-order chi connectivity index (χ1) is 10.0. The number of hydrogen-bond acceptors (Lipinski definition) is 4. The van der Waals surface area contributed by atoms with Crippen LogP contribution in [0.3, 0.4) is 0 Å². The molecular formula is C15H20N2O3S. The summed E-state index contributed by atoms with van der Waals surface area (Å²) in [5.41, 5.74) is 1.06. The molecule has 2 N–H and O–H groups in total. The number of hydrogen-bond donors (Lipinski definition) is 2. The van der Waals surface area contributed by atoms with Gasteiger partial charge in [-0.15, -0.1) is 0 Å². The highest BCUT2D eigenvalue weighted by Crippen LogP contribution is 2.16. The van der Waals surface area contributed by atoms with E-state index in [1.165, 1.54) is 6.26 Å². The molecule has 5 nitrogen and oxygen atoms in total. The molecule has 114 valence electrons. The van der Waals surface area contributed by atoms with E-state index in [0.717, 1.165) is 12.1 Å². The van der Waals surface area contributed by atoms with Gasteiger partial charge in [0.15, 0.2) is 0 Å². The van der Waals surface area contributed by atoms with E-state index < -0.39 is 10.0 Å². The Morgan fingerprint density at radius 2 is 1.90 bits per heavy atom. The van der Waals surface area contributed by atoms with Gasteiger partial charge in [-0.25, -0.2) is 13.1 Å². The zero-order valence-corrected chi connectivity index (χ0v) is 13.0. The Morgan fingerprint density at radius 1 is 1.19 bits per heavy atom. The minimum absolute atomic E-state index is 0.144. The molecule has 1 atom stereocenters. The van der Waals surface area contributed by atoms with Crippen molar-refractivity contribution in [2.75, 3.05) is 6.54 Å². The highest BCUT2D eigenvalue weighted by atomic mass is 32.2. The van der Waals surface area contributed by atoms with Gasteiger partial charge >= 0.3 is 0 Å². The maximum absolute atomic E-state index is 12.2. The van der Waals surface area contributed by atoms with Gasteiger partial charge in [0.2, 0.25) is 10.0 Å². The summed E-state index contributed by atoms with van der Waals surface area (Å²) in [6.45, 7) is 5.09. The number of nitrogens with one attached hydrogen (secondary N) is 2. The molecule has 0 radical (unpaired) electrons. The Hall–Kier alpha value is -1.63. The maximum Gasteiger partial charge on any atom is 0.240 e. The second-order valence-corrected chi connectivity index (χ2v) is 6.52. The van der Waals surface area contributed by atoms with Crippen LogP contribution < -0.4 is 10.0 Å². The van der Waals surface area contributed by atoms with E-state index in [4.69, 9.17) is 4.42 Å². The summed E-state index contributed by atoms with van der Waals surface area (Å²) < 4.78 is 32.0. The second kappa shape index (κ2) is 6.89. The molecule has 1 unspecified atom stereocenters. The molecule has 0 aliphatic carbocycles. The van der Waals surface area contributed by atoms with Crippen molar-refractivity contribution in [3.05, 3.63) is 54.0 Å². The van der Waals surface area contributed by atoms with E-state index in [1.807, 2.05) is 26.0 Å². The van der Waals surface area contributed by atoms with E-state index in [1.54, 1.807) is 24.3 Å². The topological polar surface area (TPSA) is 71.3 Å². The van der Waals surface area contributed by atoms with Crippen molar-refractivity contribution in [3.63, 3.8) is 0 Å². The van der Waals surface area contributed by atoms with Gasteiger partial charge in [0.25, 0.3) is 0 Å². The van der Waals surface area contributed by atoms with Crippen molar-refractivity contribution >= 4 is 10.0 Å². The summed E-state index contributed by atoms with van der Waals surface area (Å²) in [5, 5.41) is 3.29. The third kappa shape index (κ3) is 4.17. The van der Waals surface area contributed by atoms with Gasteiger partial charge in [0.05, 0.1) is 17.7 Å². The summed E-state index contributed by atoms with van der Waals surface area (Å²) >= 11 is 0. The van der Waals surface area contributed by atoms with E-state index in [0.29, 0.717) is 5.76 Å². The Labute approximate surface area is 125 Å².